The van der Waals surface area contributed by atoms with E-state index in [9.17, 15) is 9.59 Å². The number of benzene rings is 2. The SMILES string of the molecule is COc1ccccc1CCCC1=C(C(=N)C(N)=O)CCN(c2ccccc2C)C1=O. The van der Waals surface area contributed by atoms with Crippen molar-refractivity contribution in [3.05, 3.63) is 70.8 Å². The molecule has 0 aromatic heterocycles. The molecule has 156 valence electrons. The number of aryl methyl sites for hydroxylation is 2. The van der Waals surface area contributed by atoms with Crippen LogP contribution in [0.3, 0.4) is 0 Å². The third-order valence-corrected chi connectivity index (χ3v) is 5.47. The third kappa shape index (κ3) is 4.43. The zero-order chi connectivity index (χ0) is 21.7. The highest BCUT2D eigenvalue weighted by Crippen LogP contribution is 2.31. The molecule has 6 nitrogen and oxygen atoms in total. The number of nitrogens with two attached hydrogens (primary N) is 1. The number of carbonyl (C=O) groups excluding carboxylic acids is 2. The quantitative estimate of drug-likeness (QED) is 0.657. The van der Waals surface area contributed by atoms with Crippen LogP contribution in [0.15, 0.2) is 59.7 Å². The van der Waals surface area contributed by atoms with Crippen LogP contribution in [0.5, 0.6) is 5.75 Å². The fourth-order valence-corrected chi connectivity index (χ4v) is 3.91. The number of anilines is 1. The first-order valence-corrected chi connectivity index (χ1v) is 10.0. The van der Waals surface area contributed by atoms with Crippen LogP contribution in [0, 0.1) is 12.3 Å². The predicted molar refractivity (Wildman–Crippen MR) is 118 cm³/mol. The van der Waals surface area contributed by atoms with Crippen molar-refractivity contribution in [2.45, 2.75) is 32.6 Å². The largest absolute Gasteiger partial charge is 0.496 e. The lowest BCUT2D eigenvalue weighted by atomic mass is 9.90. The maximum atomic E-state index is 13.4. The van der Waals surface area contributed by atoms with Crippen LogP contribution in [-0.4, -0.2) is 31.2 Å². The highest BCUT2D eigenvalue weighted by Gasteiger charge is 2.31. The molecule has 0 saturated carbocycles. The molecule has 0 radical (unpaired) electrons. The number of nitrogens with one attached hydrogen (secondary N) is 1. The van der Waals surface area contributed by atoms with Crippen molar-refractivity contribution < 1.29 is 14.3 Å². The van der Waals surface area contributed by atoms with E-state index in [0.717, 1.165) is 29.0 Å². The number of primary amides is 1. The topological polar surface area (TPSA) is 96.5 Å². The summed E-state index contributed by atoms with van der Waals surface area (Å²) in [5.41, 5.74) is 9.00. The van der Waals surface area contributed by atoms with Crippen molar-refractivity contribution in [2.75, 3.05) is 18.6 Å². The summed E-state index contributed by atoms with van der Waals surface area (Å²) in [6, 6.07) is 15.5. The molecule has 1 heterocycles. The Kier molecular flexibility index (Phi) is 6.67. The number of hydrogen-bond donors (Lipinski definition) is 2. The van der Waals surface area contributed by atoms with E-state index in [-0.39, 0.29) is 11.6 Å². The molecule has 2 amide bonds. The maximum Gasteiger partial charge on any atom is 0.266 e. The van der Waals surface area contributed by atoms with E-state index in [4.69, 9.17) is 15.9 Å². The van der Waals surface area contributed by atoms with Crippen molar-refractivity contribution >= 4 is 23.2 Å². The van der Waals surface area contributed by atoms with Gasteiger partial charge in [-0.2, -0.15) is 0 Å². The van der Waals surface area contributed by atoms with Crippen LogP contribution in [0.2, 0.25) is 0 Å². The molecular weight excluding hydrogens is 378 g/mol. The number of para-hydroxylation sites is 2. The van der Waals surface area contributed by atoms with Gasteiger partial charge >= 0.3 is 0 Å². The average molecular weight is 405 g/mol. The van der Waals surface area contributed by atoms with Crippen LogP contribution in [0.4, 0.5) is 5.69 Å². The van der Waals surface area contributed by atoms with E-state index >= 15 is 0 Å². The Morgan fingerprint density at radius 1 is 1.13 bits per heavy atom. The second-order valence-electron chi connectivity index (χ2n) is 7.36. The Bertz CT molecular complexity index is 1010. The van der Waals surface area contributed by atoms with Gasteiger partial charge in [0.05, 0.1) is 7.11 Å². The monoisotopic (exact) mass is 405 g/mol. The fourth-order valence-electron chi connectivity index (χ4n) is 3.91. The van der Waals surface area contributed by atoms with Crippen molar-refractivity contribution in [3.8, 4) is 5.75 Å². The van der Waals surface area contributed by atoms with Gasteiger partial charge in [0.25, 0.3) is 11.8 Å². The van der Waals surface area contributed by atoms with Crippen molar-refractivity contribution in [1.82, 2.24) is 0 Å². The van der Waals surface area contributed by atoms with Crippen LogP contribution in [0.25, 0.3) is 0 Å². The van der Waals surface area contributed by atoms with Gasteiger partial charge in [0.2, 0.25) is 0 Å². The van der Waals surface area contributed by atoms with Gasteiger partial charge in [-0.05, 0) is 61.4 Å². The third-order valence-electron chi connectivity index (χ3n) is 5.47. The number of nitrogens with zero attached hydrogens (tertiary/aromatic N) is 1. The second-order valence-corrected chi connectivity index (χ2v) is 7.36. The Morgan fingerprint density at radius 2 is 1.83 bits per heavy atom. The van der Waals surface area contributed by atoms with Gasteiger partial charge in [-0.15, -0.1) is 0 Å². The van der Waals surface area contributed by atoms with E-state index in [1.807, 2.05) is 55.5 Å². The van der Waals surface area contributed by atoms with Crippen molar-refractivity contribution in [1.29, 1.82) is 5.41 Å². The molecule has 30 heavy (non-hydrogen) atoms. The van der Waals surface area contributed by atoms with Crippen LogP contribution in [0.1, 0.15) is 30.4 Å². The van der Waals surface area contributed by atoms with E-state index in [1.54, 1.807) is 12.0 Å². The molecule has 1 aliphatic rings. The maximum absolute atomic E-state index is 13.4. The smallest absolute Gasteiger partial charge is 0.266 e. The standard InChI is InChI=1S/C24H27N3O3/c1-16-8-3-5-12-20(16)27-15-14-18(22(25)23(26)28)19(24(27)29)11-7-10-17-9-4-6-13-21(17)30-2/h3-6,8-9,12-13,25H,7,10-11,14-15H2,1-2H3,(H2,26,28). The lowest BCUT2D eigenvalue weighted by molar-refractivity contribution is -0.115. The van der Waals surface area contributed by atoms with Crippen LogP contribution in [-0.2, 0) is 16.0 Å². The van der Waals surface area contributed by atoms with Gasteiger partial charge in [0.15, 0.2) is 0 Å². The minimum Gasteiger partial charge on any atom is -0.496 e. The molecule has 0 saturated heterocycles. The molecule has 2 aromatic rings. The summed E-state index contributed by atoms with van der Waals surface area (Å²) >= 11 is 0. The Hall–Kier alpha value is -3.41. The first-order chi connectivity index (χ1) is 14.4. The normalized spacial score (nSPS) is 14.1. The van der Waals surface area contributed by atoms with Crippen molar-refractivity contribution in [3.63, 3.8) is 0 Å². The fraction of sp³-hybridized carbons (Fsp3) is 0.292. The first-order valence-electron chi connectivity index (χ1n) is 10.0. The Balaban J connectivity index is 1.87. The lowest BCUT2D eigenvalue weighted by Gasteiger charge is -2.31. The summed E-state index contributed by atoms with van der Waals surface area (Å²) in [6.07, 6.45) is 2.32. The summed E-state index contributed by atoms with van der Waals surface area (Å²) in [4.78, 5) is 26.8. The van der Waals surface area contributed by atoms with E-state index in [1.165, 1.54) is 0 Å². The second kappa shape index (κ2) is 9.39. The number of carbonyl (C=O) groups is 2. The molecule has 0 aliphatic carbocycles. The van der Waals surface area contributed by atoms with E-state index in [0.29, 0.717) is 37.0 Å². The molecule has 3 N–H and O–H groups in total. The van der Waals surface area contributed by atoms with Gasteiger partial charge in [0, 0.05) is 17.8 Å². The van der Waals surface area contributed by atoms with E-state index in [2.05, 4.69) is 0 Å². The molecule has 0 atom stereocenters. The minimum absolute atomic E-state index is 0.156. The van der Waals surface area contributed by atoms with Crippen molar-refractivity contribution in [2.24, 2.45) is 5.73 Å². The summed E-state index contributed by atoms with van der Waals surface area (Å²) in [7, 11) is 1.64. The van der Waals surface area contributed by atoms with Crippen LogP contribution < -0.4 is 15.4 Å². The number of methoxy groups -OCH3 is 1. The molecule has 0 bridgehead atoms. The minimum atomic E-state index is -0.802. The molecule has 6 heteroatoms. The molecule has 1 aliphatic heterocycles. The van der Waals surface area contributed by atoms with Crippen LogP contribution >= 0.6 is 0 Å². The summed E-state index contributed by atoms with van der Waals surface area (Å²) in [5, 5.41) is 8.11. The van der Waals surface area contributed by atoms with E-state index < -0.39 is 5.91 Å². The number of ether oxygens (including phenoxy) is 1. The zero-order valence-electron chi connectivity index (χ0n) is 17.4. The molecule has 0 unspecified atom stereocenters. The van der Waals surface area contributed by atoms with Gasteiger partial charge in [-0.3, -0.25) is 15.0 Å². The average Bonchev–Trinajstić information content (AvgIpc) is 2.75. The van der Waals surface area contributed by atoms with Gasteiger partial charge in [-0.1, -0.05) is 36.4 Å². The zero-order valence-corrected chi connectivity index (χ0v) is 17.4. The summed E-state index contributed by atoms with van der Waals surface area (Å²) in [6.45, 7) is 2.39. The molecular formula is C24H27N3O3. The number of hydrogen-bond acceptors (Lipinski definition) is 4. The number of amides is 2. The Morgan fingerprint density at radius 3 is 2.53 bits per heavy atom. The summed E-state index contributed by atoms with van der Waals surface area (Å²) in [5.74, 6) is -0.144. The van der Waals surface area contributed by atoms with Gasteiger partial charge in [-0.25, -0.2) is 0 Å². The first kappa shape index (κ1) is 21.3. The lowest BCUT2D eigenvalue weighted by Crippen LogP contribution is -2.40. The van der Waals surface area contributed by atoms with Gasteiger partial charge < -0.3 is 15.4 Å². The van der Waals surface area contributed by atoms with Gasteiger partial charge in [0.1, 0.15) is 11.5 Å². The highest BCUT2D eigenvalue weighted by atomic mass is 16.5. The predicted octanol–water partition coefficient (Wildman–Crippen LogP) is 3.56. The Labute approximate surface area is 176 Å². The molecule has 2 aromatic carbocycles. The molecule has 0 fully saturated rings. The summed E-state index contributed by atoms with van der Waals surface area (Å²) < 4.78 is 5.41. The molecule has 0 spiro atoms. The molecule has 3 rings (SSSR count). The number of rotatable bonds is 8. The highest BCUT2D eigenvalue weighted by molar-refractivity contribution is 6.44.